The predicted molar refractivity (Wildman–Crippen MR) is 124 cm³/mol. The average Bonchev–Trinajstić information content (AvgIpc) is 3.00. The van der Waals surface area contributed by atoms with E-state index in [4.69, 9.17) is 34.8 Å². The molecule has 0 amide bonds. The van der Waals surface area contributed by atoms with Crippen molar-refractivity contribution in [1.82, 2.24) is 14.4 Å². The second-order valence-electron chi connectivity index (χ2n) is 7.66. The monoisotopic (exact) mass is 447 g/mol. The van der Waals surface area contributed by atoms with E-state index >= 15 is 0 Å². The van der Waals surface area contributed by atoms with Gasteiger partial charge in [0.15, 0.2) is 0 Å². The summed E-state index contributed by atoms with van der Waals surface area (Å²) in [5, 5.41) is 2.00. The quantitative estimate of drug-likeness (QED) is 0.473. The van der Waals surface area contributed by atoms with Gasteiger partial charge in [-0.1, -0.05) is 46.9 Å². The lowest BCUT2D eigenvalue weighted by Gasteiger charge is -2.32. The third kappa shape index (κ3) is 4.50. The normalized spacial score (nSPS) is 15.8. The SMILES string of the molecule is Cc1c(CN2CCN(C)CC2)cc(-c2ccc(Cl)cc2)n1-c1ccc(Cl)cc1Cl. The molecule has 1 fully saturated rings. The Morgan fingerprint density at radius 2 is 1.48 bits per heavy atom. The molecule has 4 rings (SSSR count). The van der Waals surface area contributed by atoms with E-state index in [0.29, 0.717) is 10.0 Å². The smallest absolute Gasteiger partial charge is 0.0661 e. The molecule has 0 bridgehead atoms. The Hall–Kier alpha value is -1.49. The van der Waals surface area contributed by atoms with Crippen molar-refractivity contribution in [2.75, 3.05) is 33.2 Å². The second-order valence-corrected chi connectivity index (χ2v) is 8.94. The molecule has 1 saturated heterocycles. The third-order valence-corrected chi connectivity index (χ3v) is 6.42. The highest BCUT2D eigenvalue weighted by Gasteiger charge is 2.20. The van der Waals surface area contributed by atoms with Gasteiger partial charge in [0.25, 0.3) is 0 Å². The Morgan fingerprint density at radius 3 is 2.14 bits per heavy atom. The highest BCUT2D eigenvalue weighted by atomic mass is 35.5. The van der Waals surface area contributed by atoms with Gasteiger partial charge in [-0.2, -0.15) is 0 Å². The zero-order valence-electron chi connectivity index (χ0n) is 16.6. The maximum Gasteiger partial charge on any atom is 0.0661 e. The molecular formula is C23H24Cl3N3. The topological polar surface area (TPSA) is 11.4 Å². The standard InChI is InChI=1S/C23H24Cl3N3/c1-16-18(15-28-11-9-27(2)10-12-28)13-23(17-3-5-19(24)6-4-17)29(16)22-8-7-20(25)14-21(22)26/h3-8,13-14H,9-12,15H2,1-2H3. The van der Waals surface area contributed by atoms with Crippen LogP contribution in [-0.2, 0) is 6.54 Å². The molecule has 6 heteroatoms. The Morgan fingerprint density at radius 1 is 0.828 bits per heavy atom. The predicted octanol–water partition coefficient (Wildman–Crippen LogP) is 6.16. The highest BCUT2D eigenvalue weighted by Crippen LogP contribution is 2.34. The lowest BCUT2D eigenvalue weighted by molar-refractivity contribution is 0.148. The molecule has 0 atom stereocenters. The van der Waals surface area contributed by atoms with Crippen LogP contribution in [0.1, 0.15) is 11.3 Å². The number of hydrogen-bond acceptors (Lipinski definition) is 2. The van der Waals surface area contributed by atoms with Gasteiger partial charge in [-0.3, -0.25) is 4.90 Å². The van der Waals surface area contributed by atoms with E-state index in [1.807, 2.05) is 24.3 Å². The average molecular weight is 449 g/mol. The largest absolute Gasteiger partial charge is 0.312 e. The van der Waals surface area contributed by atoms with Crippen LogP contribution < -0.4 is 0 Å². The van der Waals surface area contributed by atoms with E-state index in [0.717, 1.165) is 54.7 Å². The first-order valence-electron chi connectivity index (χ1n) is 9.76. The van der Waals surface area contributed by atoms with E-state index in [1.165, 1.54) is 11.3 Å². The maximum atomic E-state index is 6.60. The third-order valence-electron chi connectivity index (χ3n) is 5.63. The van der Waals surface area contributed by atoms with Crippen LogP contribution in [0.3, 0.4) is 0 Å². The van der Waals surface area contributed by atoms with Crippen LogP contribution in [0.25, 0.3) is 16.9 Å². The van der Waals surface area contributed by atoms with Gasteiger partial charge in [0.05, 0.1) is 16.4 Å². The zero-order chi connectivity index (χ0) is 20.5. The number of rotatable bonds is 4. The van der Waals surface area contributed by atoms with E-state index < -0.39 is 0 Å². The van der Waals surface area contributed by atoms with Crippen LogP contribution in [0.2, 0.25) is 15.1 Å². The summed E-state index contributed by atoms with van der Waals surface area (Å²) in [6.07, 6.45) is 0. The molecule has 0 saturated carbocycles. The van der Waals surface area contributed by atoms with Gasteiger partial charge in [-0.05, 0) is 61.5 Å². The molecule has 2 aromatic carbocycles. The molecule has 3 nitrogen and oxygen atoms in total. The number of nitrogens with zero attached hydrogens (tertiary/aromatic N) is 3. The van der Waals surface area contributed by atoms with Crippen LogP contribution in [-0.4, -0.2) is 47.6 Å². The summed E-state index contributed by atoms with van der Waals surface area (Å²) in [6, 6.07) is 15.9. The summed E-state index contributed by atoms with van der Waals surface area (Å²) in [6.45, 7) is 7.46. The van der Waals surface area contributed by atoms with Crippen LogP contribution in [0.4, 0.5) is 0 Å². The summed E-state index contributed by atoms with van der Waals surface area (Å²) >= 11 is 18.9. The van der Waals surface area contributed by atoms with Crippen molar-refractivity contribution in [3.05, 3.63) is 74.9 Å². The molecular weight excluding hydrogens is 425 g/mol. The van der Waals surface area contributed by atoms with Crippen molar-refractivity contribution in [2.45, 2.75) is 13.5 Å². The van der Waals surface area contributed by atoms with Gasteiger partial charge >= 0.3 is 0 Å². The number of likely N-dealkylation sites (N-methyl/N-ethyl adjacent to an activating group) is 1. The fourth-order valence-corrected chi connectivity index (χ4v) is 4.49. The molecule has 3 aromatic rings. The van der Waals surface area contributed by atoms with Gasteiger partial charge in [-0.15, -0.1) is 0 Å². The van der Waals surface area contributed by atoms with Crippen LogP contribution in [0.5, 0.6) is 0 Å². The molecule has 0 aliphatic carbocycles. The molecule has 1 aliphatic rings. The van der Waals surface area contributed by atoms with Crippen molar-refractivity contribution in [3.63, 3.8) is 0 Å². The van der Waals surface area contributed by atoms with Crippen LogP contribution in [0.15, 0.2) is 48.5 Å². The summed E-state index contributed by atoms with van der Waals surface area (Å²) in [5.41, 5.74) is 5.65. The van der Waals surface area contributed by atoms with Gasteiger partial charge in [0, 0.05) is 48.5 Å². The molecule has 0 radical (unpaired) electrons. The molecule has 152 valence electrons. The maximum absolute atomic E-state index is 6.60. The Balaban J connectivity index is 1.79. The number of piperazine rings is 1. The molecule has 29 heavy (non-hydrogen) atoms. The van der Waals surface area contributed by atoms with Crippen molar-refractivity contribution < 1.29 is 0 Å². The molecule has 1 aliphatic heterocycles. The number of halogens is 3. The molecule has 1 aromatic heterocycles. The summed E-state index contributed by atoms with van der Waals surface area (Å²) in [5.74, 6) is 0. The Labute approximate surface area is 187 Å². The molecule has 0 N–H and O–H groups in total. The first kappa shape index (κ1) is 20.8. The second kappa shape index (κ2) is 8.71. The van der Waals surface area contributed by atoms with E-state index in [-0.39, 0.29) is 0 Å². The van der Waals surface area contributed by atoms with Gasteiger partial charge in [0.1, 0.15) is 0 Å². The highest BCUT2D eigenvalue weighted by molar-refractivity contribution is 6.35. The minimum absolute atomic E-state index is 0.634. The number of hydrogen-bond donors (Lipinski definition) is 0. The first-order chi connectivity index (χ1) is 13.9. The lowest BCUT2D eigenvalue weighted by Crippen LogP contribution is -2.43. The summed E-state index contributed by atoms with van der Waals surface area (Å²) in [4.78, 5) is 4.89. The van der Waals surface area contributed by atoms with Crippen LogP contribution in [0, 0.1) is 6.92 Å². The fourth-order valence-electron chi connectivity index (χ4n) is 3.87. The van der Waals surface area contributed by atoms with Crippen molar-refractivity contribution in [1.29, 1.82) is 0 Å². The minimum atomic E-state index is 0.634. The van der Waals surface area contributed by atoms with E-state index in [2.05, 4.69) is 46.5 Å². The summed E-state index contributed by atoms with van der Waals surface area (Å²) in [7, 11) is 2.18. The zero-order valence-corrected chi connectivity index (χ0v) is 18.9. The number of benzene rings is 2. The molecule has 0 spiro atoms. The summed E-state index contributed by atoms with van der Waals surface area (Å²) < 4.78 is 2.23. The van der Waals surface area contributed by atoms with Crippen LogP contribution >= 0.6 is 34.8 Å². The van der Waals surface area contributed by atoms with Gasteiger partial charge < -0.3 is 9.47 Å². The molecule has 0 unspecified atom stereocenters. The first-order valence-corrected chi connectivity index (χ1v) is 10.9. The van der Waals surface area contributed by atoms with Crippen molar-refractivity contribution >= 4 is 34.8 Å². The number of aromatic nitrogens is 1. The van der Waals surface area contributed by atoms with E-state index in [1.54, 1.807) is 6.07 Å². The Kier molecular flexibility index (Phi) is 6.24. The molecule has 2 heterocycles. The lowest BCUT2D eigenvalue weighted by atomic mass is 10.1. The van der Waals surface area contributed by atoms with Gasteiger partial charge in [-0.25, -0.2) is 0 Å². The van der Waals surface area contributed by atoms with Gasteiger partial charge in [0.2, 0.25) is 0 Å². The Bertz CT molecular complexity index is 1000. The minimum Gasteiger partial charge on any atom is -0.312 e. The van der Waals surface area contributed by atoms with Crippen molar-refractivity contribution in [3.8, 4) is 16.9 Å². The fraction of sp³-hybridized carbons (Fsp3) is 0.304. The van der Waals surface area contributed by atoms with E-state index in [9.17, 15) is 0 Å². The van der Waals surface area contributed by atoms with Crippen molar-refractivity contribution in [2.24, 2.45) is 0 Å².